The quantitative estimate of drug-likeness (QED) is 0.742. The lowest BCUT2D eigenvalue weighted by molar-refractivity contribution is 1.13. The molecule has 12 heavy (non-hydrogen) atoms. The van der Waals surface area contributed by atoms with Gasteiger partial charge in [0.2, 0.25) is 0 Å². The summed E-state index contributed by atoms with van der Waals surface area (Å²) < 4.78 is 0. The lowest BCUT2D eigenvalue weighted by Crippen LogP contribution is -1.79. The maximum Gasteiger partial charge on any atom is 0.0900 e. The average molecular weight is 246 g/mol. The fraction of sp³-hybridized carbons (Fsp3) is 0.444. The van der Waals surface area contributed by atoms with Crippen LogP contribution in [0.1, 0.15) is 23.2 Å². The molecule has 0 aliphatic heterocycles. The van der Waals surface area contributed by atoms with E-state index in [1.807, 2.05) is 13.1 Å². The highest BCUT2D eigenvalue weighted by Gasteiger charge is 1.96. The summed E-state index contributed by atoms with van der Waals surface area (Å²) in [5.74, 6) is 0. The molecule has 0 saturated carbocycles. The highest BCUT2D eigenvalue weighted by atomic mass is 79.9. The summed E-state index contributed by atoms with van der Waals surface area (Å²) in [7, 11) is 0. The molecule has 0 aliphatic carbocycles. The molecular weight excluding hydrogens is 234 g/mol. The van der Waals surface area contributed by atoms with Crippen molar-refractivity contribution in [3.8, 4) is 0 Å². The van der Waals surface area contributed by atoms with Gasteiger partial charge in [-0.1, -0.05) is 28.4 Å². The molecule has 0 aromatic carbocycles. The highest BCUT2D eigenvalue weighted by molar-refractivity contribution is 9.09. The number of halogens is 1. The maximum absolute atomic E-state index is 4.20. The topological polar surface area (TPSA) is 12.9 Å². The minimum Gasteiger partial charge on any atom is -0.249 e. The molecule has 1 aromatic heterocycles. The number of nitrogens with zero attached hydrogens (tertiary/aromatic N) is 1. The molecule has 0 bridgehead atoms. The summed E-state index contributed by atoms with van der Waals surface area (Å²) in [6, 6.07) is 0. The van der Waals surface area contributed by atoms with Crippen LogP contribution in [0.4, 0.5) is 0 Å². The molecule has 66 valence electrons. The Hall–Kier alpha value is -0.150. The van der Waals surface area contributed by atoms with Crippen molar-refractivity contribution in [3.63, 3.8) is 0 Å². The fourth-order valence-corrected chi connectivity index (χ4v) is 2.22. The Bertz CT molecular complexity index is 272. The molecule has 1 nitrogen and oxygen atoms in total. The van der Waals surface area contributed by atoms with Crippen LogP contribution in [0.25, 0.3) is 6.08 Å². The molecule has 0 N–H and O–H groups in total. The zero-order chi connectivity index (χ0) is 8.97. The fourth-order valence-electron chi connectivity index (χ4n) is 0.881. The molecule has 1 rings (SSSR count). The number of hydrogen-bond donors (Lipinski definition) is 0. The molecule has 0 amide bonds. The second-order valence-electron chi connectivity index (χ2n) is 2.57. The van der Waals surface area contributed by atoms with E-state index in [0.717, 1.165) is 16.8 Å². The minimum absolute atomic E-state index is 0.959. The predicted molar refractivity (Wildman–Crippen MR) is 58.9 cm³/mol. The Labute approximate surface area is 85.7 Å². The van der Waals surface area contributed by atoms with Crippen LogP contribution in [-0.4, -0.2) is 10.3 Å². The van der Waals surface area contributed by atoms with Crippen LogP contribution in [-0.2, 0) is 0 Å². The first-order valence-corrected chi connectivity index (χ1v) is 5.88. The van der Waals surface area contributed by atoms with E-state index in [1.54, 1.807) is 11.3 Å². The van der Waals surface area contributed by atoms with Gasteiger partial charge in [-0.2, -0.15) is 0 Å². The van der Waals surface area contributed by atoms with Crippen LogP contribution >= 0.6 is 27.3 Å². The first-order chi connectivity index (χ1) is 5.76. The lowest BCUT2D eigenvalue weighted by Gasteiger charge is -1.95. The highest BCUT2D eigenvalue weighted by Crippen LogP contribution is 2.17. The van der Waals surface area contributed by atoms with Crippen LogP contribution in [0.3, 0.4) is 0 Å². The third-order valence-electron chi connectivity index (χ3n) is 1.61. The van der Waals surface area contributed by atoms with E-state index >= 15 is 0 Å². The van der Waals surface area contributed by atoms with Crippen molar-refractivity contribution in [2.45, 2.75) is 20.3 Å². The van der Waals surface area contributed by atoms with Crippen molar-refractivity contribution < 1.29 is 0 Å². The number of rotatable bonds is 3. The van der Waals surface area contributed by atoms with Crippen LogP contribution < -0.4 is 0 Å². The van der Waals surface area contributed by atoms with E-state index in [0.29, 0.717) is 0 Å². The van der Waals surface area contributed by atoms with E-state index in [1.165, 1.54) is 10.5 Å². The Morgan fingerprint density at radius 3 is 2.92 bits per heavy atom. The van der Waals surface area contributed by atoms with Gasteiger partial charge in [-0.05, 0) is 19.4 Å². The Kier molecular flexibility index (Phi) is 3.95. The smallest absolute Gasteiger partial charge is 0.0900 e. The van der Waals surface area contributed by atoms with Gasteiger partial charge in [0.15, 0.2) is 0 Å². The molecular formula is C9H12BrNS. The van der Waals surface area contributed by atoms with Crippen LogP contribution in [0, 0.1) is 6.92 Å². The first kappa shape index (κ1) is 9.93. The summed E-state index contributed by atoms with van der Waals surface area (Å²) in [6.45, 7) is 4.20. The number of thiazole rings is 1. The number of allylic oxidation sites excluding steroid dienone is 1. The summed E-state index contributed by atoms with van der Waals surface area (Å²) in [5, 5.41) is 2.09. The number of hydrogen-bond acceptors (Lipinski definition) is 2. The van der Waals surface area contributed by atoms with E-state index in [9.17, 15) is 0 Å². The van der Waals surface area contributed by atoms with Gasteiger partial charge < -0.3 is 0 Å². The molecule has 3 heteroatoms. The minimum atomic E-state index is 0.959. The summed E-state index contributed by atoms with van der Waals surface area (Å²) in [4.78, 5) is 5.45. The van der Waals surface area contributed by atoms with Crippen molar-refractivity contribution in [2.24, 2.45) is 0 Å². The van der Waals surface area contributed by atoms with E-state index in [-0.39, 0.29) is 0 Å². The molecule has 0 spiro atoms. The second kappa shape index (κ2) is 4.77. The lowest BCUT2D eigenvalue weighted by atomic mass is 10.2. The standard InChI is InChI=1S/C9H12BrNS/c1-3-8(5-10)4-9-6-11-7(2)12-9/h4,6H,3,5H2,1-2H3. The Morgan fingerprint density at radius 1 is 1.75 bits per heavy atom. The molecule has 0 aliphatic rings. The van der Waals surface area contributed by atoms with Crippen molar-refractivity contribution in [1.82, 2.24) is 4.98 Å². The summed E-state index contributed by atoms with van der Waals surface area (Å²) in [5.41, 5.74) is 1.42. The normalized spacial score (nSPS) is 12.1. The predicted octanol–water partition coefficient (Wildman–Crippen LogP) is 3.64. The SMILES string of the molecule is CCC(=Cc1cnc(C)s1)CBr. The molecule has 0 radical (unpaired) electrons. The first-order valence-electron chi connectivity index (χ1n) is 3.94. The monoisotopic (exact) mass is 245 g/mol. The van der Waals surface area contributed by atoms with Gasteiger partial charge in [-0.25, -0.2) is 4.98 Å². The molecule has 0 saturated heterocycles. The molecule has 0 fully saturated rings. The van der Waals surface area contributed by atoms with Gasteiger partial charge in [0.1, 0.15) is 0 Å². The van der Waals surface area contributed by atoms with Crippen molar-refractivity contribution in [3.05, 3.63) is 21.7 Å². The zero-order valence-corrected chi connectivity index (χ0v) is 9.70. The molecule has 0 unspecified atom stereocenters. The third kappa shape index (κ3) is 2.72. The van der Waals surface area contributed by atoms with Gasteiger partial charge in [0, 0.05) is 16.4 Å². The number of alkyl halides is 1. The van der Waals surface area contributed by atoms with Gasteiger partial charge in [-0.15, -0.1) is 11.3 Å². The average Bonchev–Trinajstić information content (AvgIpc) is 2.47. The summed E-state index contributed by atoms with van der Waals surface area (Å²) >= 11 is 5.19. The summed E-state index contributed by atoms with van der Waals surface area (Å²) in [6.07, 6.45) is 5.24. The van der Waals surface area contributed by atoms with Gasteiger partial charge in [0.05, 0.1) is 5.01 Å². The molecule has 1 aromatic rings. The van der Waals surface area contributed by atoms with Gasteiger partial charge in [-0.3, -0.25) is 0 Å². The van der Waals surface area contributed by atoms with Crippen LogP contribution in [0.2, 0.25) is 0 Å². The zero-order valence-electron chi connectivity index (χ0n) is 7.30. The maximum atomic E-state index is 4.20. The second-order valence-corrected chi connectivity index (χ2v) is 4.40. The van der Waals surface area contributed by atoms with Crippen LogP contribution in [0.15, 0.2) is 11.8 Å². The van der Waals surface area contributed by atoms with Crippen molar-refractivity contribution in [1.29, 1.82) is 0 Å². The van der Waals surface area contributed by atoms with E-state index in [2.05, 4.69) is 33.9 Å². The largest absolute Gasteiger partial charge is 0.249 e. The van der Waals surface area contributed by atoms with Crippen molar-refractivity contribution in [2.75, 3.05) is 5.33 Å². The van der Waals surface area contributed by atoms with E-state index in [4.69, 9.17) is 0 Å². The van der Waals surface area contributed by atoms with Crippen LogP contribution in [0.5, 0.6) is 0 Å². The van der Waals surface area contributed by atoms with E-state index < -0.39 is 0 Å². The number of aromatic nitrogens is 1. The van der Waals surface area contributed by atoms with Gasteiger partial charge >= 0.3 is 0 Å². The third-order valence-corrected chi connectivity index (χ3v) is 3.19. The number of aryl methyl sites for hydroxylation is 1. The van der Waals surface area contributed by atoms with Crippen molar-refractivity contribution >= 4 is 33.3 Å². The Balaban J connectivity index is 2.78. The Morgan fingerprint density at radius 2 is 2.50 bits per heavy atom. The van der Waals surface area contributed by atoms with Gasteiger partial charge in [0.25, 0.3) is 0 Å². The molecule has 0 atom stereocenters. The molecule has 1 heterocycles.